The molecule has 0 amide bonds. The van der Waals surface area contributed by atoms with Crippen LogP contribution in [0.2, 0.25) is 0 Å². The van der Waals surface area contributed by atoms with Crippen molar-refractivity contribution in [3.63, 3.8) is 0 Å². The van der Waals surface area contributed by atoms with E-state index in [2.05, 4.69) is 26.4 Å². The van der Waals surface area contributed by atoms with Gasteiger partial charge in [-0.3, -0.25) is 4.90 Å². The van der Waals surface area contributed by atoms with Crippen LogP contribution in [0.1, 0.15) is 24.1 Å². The number of nitrogens with one attached hydrogen (secondary N) is 2. The molecule has 0 radical (unpaired) electrons. The van der Waals surface area contributed by atoms with Crippen molar-refractivity contribution in [1.29, 1.82) is 0 Å². The van der Waals surface area contributed by atoms with E-state index in [-0.39, 0.29) is 17.3 Å². The summed E-state index contributed by atoms with van der Waals surface area (Å²) in [5.41, 5.74) is -3.08. The molecule has 5 rings (SSSR count). The first kappa shape index (κ1) is 24.0. The van der Waals surface area contributed by atoms with Crippen LogP contribution in [0.15, 0.2) is 48.5 Å². The van der Waals surface area contributed by atoms with Crippen molar-refractivity contribution in [1.82, 2.24) is 15.2 Å². The zero-order valence-corrected chi connectivity index (χ0v) is 19.9. The minimum absolute atomic E-state index is 0.119. The number of ether oxygens (including phenoxy) is 1. The van der Waals surface area contributed by atoms with Crippen LogP contribution in [0.25, 0.3) is 10.9 Å². The summed E-state index contributed by atoms with van der Waals surface area (Å²) >= 11 is 0. The van der Waals surface area contributed by atoms with Crippen LogP contribution in [-0.4, -0.2) is 56.6 Å². The molecular weight excluding hydrogens is 483 g/mol. The van der Waals surface area contributed by atoms with Crippen LogP contribution < -0.4 is 14.2 Å². The van der Waals surface area contributed by atoms with Crippen molar-refractivity contribution in [2.45, 2.75) is 36.4 Å². The summed E-state index contributed by atoms with van der Waals surface area (Å²) in [5.74, 6) is 0.432. The maximum Gasteiger partial charge on any atom is 0.534 e. The predicted molar refractivity (Wildman–Crippen MR) is 125 cm³/mol. The van der Waals surface area contributed by atoms with E-state index in [1.807, 2.05) is 30.3 Å². The normalized spacial score (nSPS) is 23.0. The monoisotopic (exact) mass is 509 g/mol. The van der Waals surface area contributed by atoms with E-state index >= 15 is 0 Å². The molecule has 188 valence electrons. The fraction of sp³-hybridized carbons (Fsp3) is 0.417. The van der Waals surface area contributed by atoms with Crippen LogP contribution in [0.4, 0.5) is 13.2 Å². The Morgan fingerprint density at radius 3 is 2.60 bits per heavy atom. The van der Waals surface area contributed by atoms with Gasteiger partial charge < -0.3 is 19.2 Å². The number of benzene rings is 2. The smallest absolute Gasteiger partial charge is 0.494 e. The maximum absolute atomic E-state index is 12.8. The third-order valence-electron chi connectivity index (χ3n) is 7.09. The quantitative estimate of drug-likeness (QED) is 0.387. The van der Waals surface area contributed by atoms with Gasteiger partial charge in [0.1, 0.15) is 11.5 Å². The standard InChI is InChI=1S/C24H26F3N3O4S/c1-30-16(9-12-33-17-5-3-2-4-6-17)13-20-19-14-18(34-35(31,32)24(25,26)27)7-8-21(19)29-22(20)23(30)10-11-28-15-23/h2-8,14,16,28-29H,9-13,15H2,1H3. The molecule has 0 aliphatic carbocycles. The summed E-state index contributed by atoms with van der Waals surface area (Å²) < 4.78 is 71.9. The Morgan fingerprint density at radius 1 is 1.14 bits per heavy atom. The predicted octanol–water partition coefficient (Wildman–Crippen LogP) is 3.91. The lowest BCUT2D eigenvalue weighted by atomic mass is 9.80. The fourth-order valence-corrected chi connectivity index (χ4v) is 5.73. The van der Waals surface area contributed by atoms with Crippen molar-refractivity contribution < 1.29 is 30.5 Å². The number of rotatable bonds is 6. The first-order valence-electron chi connectivity index (χ1n) is 11.4. The Hall–Kier alpha value is -2.76. The van der Waals surface area contributed by atoms with Crippen molar-refractivity contribution in [3.05, 3.63) is 59.8 Å². The lowest BCUT2D eigenvalue weighted by molar-refractivity contribution is -0.0500. The van der Waals surface area contributed by atoms with Crippen LogP contribution in [0, 0.1) is 0 Å². The van der Waals surface area contributed by atoms with Gasteiger partial charge in [-0.15, -0.1) is 0 Å². The Morgan fingerprint density at radius 2 is 1.91 bits per heavy atom. The van der Waals surface area contributed by atoms with E-state index in [0.29, 0.717) is 18.4 Å². The number of hydrogen-bond acceptors (Lipinski definition) is 6. The Kier molecular flexibility index (Phi) is 5.97. The van der Waals surface area contributed by atoms with E-state index in [4.69, 9.17) is 4.74 Å². The molecule has 35 heavy (non-hydrogen) atoms. The number of halogens is 3. The highest BCUT2D eigenvalue weighted by Gasteiger charge is 2.50. The summed E-state index contributed by atoms with van der Waals surface area (Å²) in [7, 11) is -3.65. The van der Waals surface area contributed by atoms with Crippen molar-refractivity contribution in [3.8, 4) is 11.5 Å². The zero-order chi connectivity index (χ0) is 24.8. The maximum atomic E-state index is 12.8. The highest BCUT2D eigenvalue weighted by molar-refractivity contribution is 7.88. The third-order valence-corrected chi connectivity index (χ3v) is 8.07. The zero-order valence-electron chi connectivity index (χ0n) is 19.1. The molecule has 11 heteroatoms. The molecule has 2 unspecified atom stereocenters. The number of likely N-dealkylation sites (N-methyl/N-ethyl adjacent to an activating group) is 1. The van der Waals surface area contributed by atoms with Gasteiger partial charge in [-0.05, 0) is 68.8 Å². The van der Waals surface area contributed by atoms with Gasteiger partial charge in [0.15, 0.2) is 0 Å². The lowest BCUT2D eigenvalue weighted by Gasteiger charge is -2.47. The number of hydrogen-bond donors (Lipinski definition) is 2. The van der Waals surface area contributed by atoms with E-state index < -0.39 is 15.6 Å². The summed E-state index contributed by atoms with van der Waals surface area (Å²) in [4.78, 5) is 5.83. The molecule has 3 heterocycles. The molecule has 1 saturated heterocycles. The lowest BCUT2D eigenvalue weighted by Crippen LogP contribution is -2.55. The molecule has 2 aromatic carbocycles. The van der Waals surface area contributed by atoms with E-state index in [1.165, 1.54) is 12.1 Å². The Labute approximate surface area is 201 Å². The van der Waals surface area contributed by atoms with Crippen LogP contribution >= 0.6 is 0 Å². The molecule has 1 spiro atoms. The molecule has 2 atom stereocenters. The van der Waals surface area contributed by atoms with Crippen molar-refractivity contribution in [2.24, 2.45) is 0 Å². The molecule has 1 aromatic heterocycles. The number of H-pyrrole nitrogens is 1. The largest absolute Gasteiger partial charge is 0.534 e. The molecule has 1 fully saturated rings. The molecule has 0 saturated carbocycles. The molecule has 3 aromatic rings. The number of para-hydroxylation sites is 1. The van der Waals surface area contributed by atoms with Crippen molar-refractivity contribution >= 4 is 21.0 Å². The highest BCUT2D eigenvalue weighted by Crippen LogP contribution is 2.45. The summed E-state index contributed by atoms with van der Waals surface area (Å²) in [5, 5.41) is 4.11. The van der Waals surface area contributed by atoms with Gasteiger partial charge in [0.2, 0.25) is 0 Å². The van der Waals surface area contributed by atoms with Crippen LogP contribution in [0.3, 0.4) is 0 Å². The number of nitrogens with zero attached hydrogens (tertiary/aromatic N) is 1. The van der Waals surface area contributed by atoms with Gasteiger partial charge >= 0.3 is 15.6 Å². The molecule has 2 aliphatic rings. The second-order valence-electron chi connectivity index (χ2n) is 9.05. The number of aromatic nitrogens is 1. The second-order valence-corrected chi connectivity index (χ2v) is 10.6. The first-order valence-corrected chi connectivity index (χ1v) is 12.8. The van der Waals surface area contributed by atoms with E-state index in [9.17, 15) is 21.6 Å². The second kappa shape index (κ2) is 8.72. The summed E-state index contributed by atoms with van der Waals surface area (Å²) in [6, 6.07) is 13.9. The average molecular weight is 510 g/mol. The van der Waals surface area contributed by atoms with Crippen LogP contribution in [0.5, 0.6) is 11.5 Å². The third kappa shape index (κ3) is 4.25. The number of aromatic amines is 1. The topological polar surface area (TPSA) is 83.7 Å². The van der Waals surface area contributed by atoms with E-state index in [0.717, 1.165) is 48.5 Å². The van der Waals surface area contributed by atoms with Gasteiger partial charge in [-0.25, -0.2) is 0 Å². The van der Waals surface area contributed by atoms with Crippen LogP contribution in [-0.2, 0) is 22.1 Å². The van der Waals surface area contributed by atoms with Gasteiger partial charge in [-0.1, -0.05) is 18.2 Å². The Balaban J connectivity index is 1.47. The SMILES string of the molecule is CN1C(CCOc2ccccc2)Cc2c([nH]c3ccc(OS(=O)(=O)C(F)(F)F)cc23)C12CCNC2. The van der Waals surface area contributed by atoms with Crippen molar-refractivity contribution in [2.75, 3.05) is 26.7 Å². The summed E-state index contributed by atoms with van der Waals surface area (Å²) in [6.45, 7) is 2.08. The minimum Gasteiger partial charge on any atom is -0.494 e. The summed E-state index contributed by atoms with van der Waals surface area (Å²) in [6.07, 6.45) is 2.25. The number of alkyl halides is 3. The van der Waals surface area contributed by atoms with E-state index in [1.54, 1.807) is 6.07 Å². The molecular formula is C24H26F3N3O4S. The van der Waals surface area contributed by atoms with Gasteiger partial charge in [0.25, 0.3) is 0 Å². The van der Waals surface area contributed by atoms with Gasteiger partial charge in [0.05, 0.1) is 12.1 Å². The average Bonchev–Trinajstić information content (AvgIpc) is 3.43. The molecule has 2 aliphatic heterocycles. The van der Waals surface area contributed by atoms with Gasteiger partial charge in [-0.2, -0.15) is 21.6 Å². The van der Waals surface area contributed by atoms with Gasteiger partial charge in [0, 0.05) is 29.2 Å². The molecule has 2 N–H and O–H groups in total. The minimum atomic E-state index is -5.75. The first-order chi connectivity index (χ1) is 16.6. The highest BCUT2D eigenvalue weighted by atomic mass is 32.2. The fourth-order valence-electron chi connectivity index (χ4n) is 5.28. The molecule has 7 nitrogen and oxygen atoms in total. The Bertz CT molecular complexity index is 1320. The molecule has 0 bridgehead atoms. The number of fused-ring (bicyclic) bond motifs is 4.